The molecule has 2 rings (SSSR count). The van der Waals surface area contributed by atoms with E-state index in [2.05, 4.69) is 5.32 Å². The quantitative estimate of drug-likeness (QED) is 0.814. The molecule has 1 aliphatic carbocycles. The molecular formula is C14H20N2O3. The van der Waals surface area contributed by atoms with Crippen molar-refractivity contribution in [3.8, 4) is 11.5 Å². The topological polar surface area (TPSA) is 73.6 Å². The van der Waals surface area contributed by atoms with Crippen LogP contribution in [0.25, 0.3) is 0 Å². The van der Waals surface area contributed by atoms with E-state index in [0.717, 1.165) is 18.4 Å². The lowest BCUT2D eigenvalue weighted by Gasteiger charge is -2.13. The number of carbonyl (C=O) groups excluding carboxylic acids is 1. The summed E-state index contributed by atoms with van der Waals surface area (Å²) in [6.07, 6.45) is 2.14. The van der Waals surface area contributed by atoms with Gasteiger partial charge in [-0.2, -0.15) is 0 Å². The van der Waals surface area contributed by atoms with Crippen LogP contribution in [0.3, 0.4) is 0 Å². The average Bonchev–Trinajstić information content (AvgIpc) is 3.19. The molecule has 0 unspecified atom stereocenters. The van der Waals surface area contributed by atoms with E-state index < -0.39 is 0 Å². The van der Waals surface area contributed by atoms with Crippen LogP contribution in [0, 0.1) is 0 Å². The Labute approximate surface area is 113 Å². The Balaban J connectivity index is 1.96. The SMILES string of the molecule is COc1cc([C@H](C)N)ccc1OCC(=O)NC1CC1. The third-order valence-electron chi connectivity index (χ3n) is 3.01. The van der Waals surface area contributed by atoms with Crippen LogP contribution < -0.4 is 20.5 Å². The maximum atomic E-state index is 11.5. The summed E-state index contributed by atoms with van der Waals surface area (Å²) < 4.78 is 10.7. The highest BCUT2D eigenvalue weighted by molar-refractivity contribution is 5.78. The minimum absolute atomic E-state index is 0.00435. The van der Waals surface area contributed by atoms with E-state index in [-0.39, 0.29) is 18.6 Å². The van der Waals surface area contributed by atoms with Gasteiger partial charge in [-0.3, -0.25) is 4.79 Å². The predicted octanol–water partition coefficient (Wildman–Crippen LogP) is 1.37. The van der Waals surface area contributed by atoms with Crippen LogP contribution in [0.5, 0.6) is 11.5 Å². The molecule has 0 heterocycles. The number of ether oxygens (including phenoxy) is 2. The first-order valence-corrected chi connectivity index (χ1v) is 6.46. The molecule has 1 saturated carbocycles. The zero-order valence-electron chi connectivity index (χ0n) is 11.3. The molecule has 19 heavy (non-hydrogen) atoms. The van der Waals surface area contributed by atoms with Gasteiger partial charge in [0.15, 0.2) is 18.1 Å². The van der Waals surface area contributed by atoms with Crippen LogP contribution in [0.4, 0.5) is 0 Å². The molecular weight excluding hydrogens is 244 g/mol. The lowest BCUT2D eigenvalue weighted by molar-refractivity contribution is -0.123. The Morgan fingerprint density at radius 3 is 2.79 bits per heavy atom. The van der Waals surface area contributed by atoms with Crippen LogP contribution >= 0.6 is 0 Å². The Hall–Kier alpha value is -1.75. The molecule has 0 bridgehead atoms. The van der Waals surface area contributed by atoms with Gasteiger partial charge in [0.2, 0.25) is 0 Å². The van der Waals surface area contributed by atoms with Gasteiger partial charge in [0.05, 0.1) is 7.11 Å². The van der Waals surface area contributed by atoms with Crippen molar-refractivity contribution in [3.05, 3.63) is 23.8 Å². The summed E-state index contributed by atoms with van der Waals surface area (Å²) in [7, 11) is 1.57. The molecule has 1 aliphatic rings. The fourth-order valence-corrected chi connectivity index (χ4v) is 1.73. The Bertz CT molecular complexity index is 456. The second-order valence-corrected chi connectivity index (χ2v) is 4.83. The molecule has 0 aliphatic heterocycles. The number of methoxy groups -OCH3 is 1. The normalized spacial score (nSPS) is 15.7. The predicted molar refractivity (Wildman–Crippen MR) is 72.3 cm³/mol. The van der Waals surface area contributed by atoms with Crippen LogP contribution in [-0.2, 0) is 4.79 Å². The molecule has 1 aromatic rings. The minimum Gasteiger partial charge on any atom is -0.493 e. The summed E-state index contributed by atoms with van der Waals surface area (Å²) in [5.41, 5.74) is 6.78. The maximum absolute atomic E-state index is 11.5. The van der Waals surface area contributed by atoms with Gasteiger partial charge >= 0.3 is 0 Å². The summed E-state index contributed by atoms with van der Waals surface area (Å²) in [6, 6.07) is 5.77. The summed E-state index contributed by atoms with van der Waals surface area (Å²) in [5, 5.41) is 2.87. The highest BCUT2D eigenvalue weighted by Crippen LogP contribution is 2.29. The number of rotatable bonds is 6. The largest absolute Gasteiger partial charge is 0.493 e. The van der Waals surface area contributed by atoms with Crippen LogP contribution in [0.2, 0.25) is 0 Å². The Morgan fingerprint density at radius 1 is 1.47 bits per heavy atom. The summed E-state index contributed by atoms with van der Waals surface area (Å²) >= 11 is 0. The van der Waals surface area contributed by atoms with Crippen molar-refractivity contribution < 1.29 is 14.3 Å². The van der Waals surface area contributed by atoms with Crippen LogP contribution in [0.15, 0.2) is 18.2 Å². The number of nitrogens with two attached hydrogens (primary N) is 1. The first kappa shape index (κ1) is 13.7. The molecule has 0 saturated heterocycles. The monoisotopic (exact) mass is 264 g/mol. The number of benzene rings is 1. The molecule has 1 fully saturated rings. The minimum atomic E-state index is -0.0965. The van der Waals surface area contributed by atoms with Gasteiger partial charge in [-0.25, -0.2) is 0 Å². The van der Waals surface area contributed by atoms with E-state index in [1.165, 1.54) is 0 Å². The molecule has 0 spiro atoms. The molecule has 0 aromatic heterocycles. The molecule has 1 amide bonds. The second-order valence-electron chi connectivity index (χ2n) is 4.83. The van der Waals surface area contributed by atoms with Gasteiger partial charge < -0.3 is 20.5 Å². The molecule has 0 radical (unpaired) electrons. The first-order valence-electron chi connectivity index (χ1n) is 6.46. The van der Waals surface area contributed by atoms with E-state index in [4.69, 9.17) is 15.2 Å². The van der Waals surface area contributed by atoms with E-state index >= 15 is 0 Å². The van der Waals surface area contributed by atoms with E-state index in [1.54, 1.807) is 13.2 Å². The molecule has 3 N–H and O–H groups in total. The summed E-state index contributed by atoms with van der Waals surface area (Å²) in [6.45, 7) is 1.91. The second kappa shape index (κ2) is 5.93. The average molecular weight is 264 g/mol. The van der Waals surface area contributed by atoms with Crippen molar-refractivity contribution in [2.45, 2.75) is 31.8 Å². The molecule has 104 valence electrons. The van der Waals surface area contributed by atoms with Crippen LogP contribution in [-0.4, -0.2) is 25.7 Å². The number of nitrogens with one attached hydrogen (secondary N) is 1. The fourth-order valence-electron chi connectivity index (χ4n) is 1.73. The number of amides is 1. The number of hydrogen-bond donors (Lipinski definition) is 2. The Kier molecular flexibility index (Phi) is 4.27. The molecule has 5 heteroatoms. The highest BCUT2D eigenvalue weighted by atomic mass is 16.5. The maximum Gasteiger partial charge on any atom is 0.258 e. The molecule has 5 nitrogen and oxygen atoms in total. The van der Waals surface area contributed by atoms with Gasteiger partial charge in [-0.1, -0.05) is 6.07 Å². The van der Waals surface area contributed by atoms with Gasteiger partial charge in [0.25, 0.3) is 5.91 Å². The van der Waals surface area contributed by atoms with E-state index in [1.807, 2.05) is 19.1 Å². The van der Waals surface area contributed by atoms with Crippen molar-refractivity contribution in [1.82, 2.24) is 5.32 Å². The standard InChI is InChI=1S/C14H20N2O3/c1-9(15)10-3-6-12(13(7-10)18-2)19-8-14(17)16-11-4-5-11/h3,6-7,9,11H,4-5,8,15H2,1-2H3,(H,16,17)/t9-/m0/s1. The summed E-state index contributed by atoms with van der Waals surface area (Å²) in [5.74, 6) is 1.05. The third-order valence-corrected chi connectivity index (χ3v) is 3.01. The summed E-state index contributed by atoms with van der Waals surface area (Å²) in [4.78, 5) is 11.5. The van der Waals surface area contributed by atoms with Crippen molar-refractivity contribution in [2.75, 3.05) is 13.7 Å². The zero-order chi connectivity index (χ0) is 13.8. The van der Waals surface area contributed by atoms with Gasteiger partial charge in [-0.05, 0) is 37.5 Å². The van der Waals surface area contributed by atoms with Crippen molar-refractivity contribution in [2.24, 2.45) is 5.73 Å². The lowest BCUT2D eigenvalue weighted by Crippen LogP contribution is -2.30. The smallest absolute Gasteiger partial charge is 0.258 e. The van der Waals surface area contributed by atoms with Crippen LogP contribution in [0.1, 0.15) is 31.4 Å². The van der Waals surface area contributed by atoms with Gasteiger partial charge in [0, 0.05) is 12.1 Å². The number of carbonyl (C=O) groups is 1. The highest BCUT2D eigenvalue weighted by Gasteiger charge is 2.23. The number of hydrogen-bond acceptors (Lipinski definition) is 4. The van der Waals surface area contributed by atoms with E-state index in [9.17, 15) is 4.79 Å². The first-order chi connectivity index (χ1) is 9.10. The zero-order valence-corrected chi connectivity index (χ0v) is 11.3. The third kappa shape index (κ3) is 3.86. The molecule has 1 atom stereocenters. The molecule has 1 aromatic carbocycles. The lowest BCUT2D eigenvalue weighted by atomic mass is 10.1. The Morgan fingerprint density at radius 2 is 2.21 bits per heavy atom. The van der Waals surface area contributed by atoms with Gasteiger partial charge in [0.1, 0.15) is 0 Å². The van der Waals surface area contributed by atoms with E-state index in [0.29, 0.717) is 17.5 Å². The van der Waals surface area contributed by atoms with Crippen molar-refractivity contribution in [3.63, 3.8) is 0 Å². The van der Waals surface area contributed by atoms with Crippen molar-refractivity contribution >= 4 is 5.91 Å². The fraction of sp³-hybridized carbons (Fsp3) is 0.500. The van der Waals surface area contributed by atoms with Gasteiger partial charge in [-0.15, -0.1) is 0 Å². The van der Waals surface area contributed by atoms with Crippen molar-refractivity contribution in [1.29, 1.82) is 0 Å².